The maximum Gasteiger partial charge on any atom is 0.338 e. The van der Waals surface area contributed by atoms with Crippen molar-refractivity contribution in [1.29, 1.82) is 0 Å². The van der Waals surface area contributed by atoms with Crippen molar-refractivity contribution in [3.63, 3.8) is 0 Å². The number of nitrogens with zero attached hydrogens (tertiary/aromatic N) is 2. The number of fused-ring (bicyclic) bond motifs is 1. The van der Waals surface area contributed by atoms with Crippen LogP contribution in [0.3, 0.4) is 0 Å². The van der Waals surface area contributed by atoms with Gasteiger partial charge in [-0.15, -0.1) is 11.3 Å². The monoisotopic (exact) mass is 463 g/mol. The summed E-state index contributed by atoms with van der Waals surface area (Å²) in [5.41, 5.74) is 4.06. The van der Waals surface area contributed by atoms with Crippen molar-refractivity contribution >= 4 is 40.5 Å². The molecule has 32 heavy (non-hydrogen) atoms. The third-order valence-corrected chi connectivity index (χ3v) is 6.51. The van der Waals surface area contributed by atoms with E-state index >= 15 is 0 Å². The SMILES string of the molecule is CCOC(=O)c1ccc(N2C(=O)c3n[nH]c(-c4cccs4)c3[C@H]2c2ccc(Cl)cc2)cc1. The largest absolute Gasteiger partial charge is 0.462 e. The number of halogens is 1. The van der Waals surface area contributed by atoms with E-state index in [1.54, 1.807) is 47.4 Å². The highest BCUT2D eigenvalue weighted by Gasteiger charge is 2.43. The van der Waals surface area contributed by atoms with Crippen LogP contribution in [0, 0.1) is 0 Å². The van der Waals surface area contributed by atoms with Crippen molar-refractivity contribution in [2.45, 2.75) is 13.0 Å². The Kier molecular flexibility index (Phi) is 5.28. The fraction of sp³-hybridized carbons (Fsp3) is 0.125. The van der Waals surface area contributed by atoms with Crippen molar-refractivity contribution < 1.29 is 14.3 Å². The van der Waals surface area contributed by atoms with Crippen LogP contribution in [0.2, 0.25) is 5.02 Å². The van der Waals surface area contributed by atoms with Gasteiger partial charge in [-0.3, -0.25) is 14.8 Å². The molecule has 0 fully saturated rings. The molecule has 0 saturated carbocycles. The van der Waals surface area contributed by atoms with E-state index in [2.05, 4.69) is 10.2 Å². The molecule has 0 unspecified atom stereocenters. The number of H-pyrrole nitrogens is 1. The van der Waals surface area contributed by atoms with E-state index in [0.717, 1.165) is 21.7 Å². The molecular weight excluding hydrogens is 446 g/mol. The third kappa shape index (κ3) is 3.39. The Morgan fingerprint density at radius 1 is 1.16 bits per heavy atom. The molecule has 2 aromatic heterocycles. The number of amides is 1. The van der Waals surface area contributed by atoms with Gasteiger partial charge in [0.05, 0.1) is 28.8 Å². The van der Waals surface area contributed by atoms with E-state index in [1.165, 1.54) is 0 Å². The van der Waals surface area contributed by atoms with Gasteiger partial charge in [-0.05, 0) is 60.3 Å². The first-order chi connectivity index (χ1) is 15.6. The number of ether oxygens (including phenoxy) is 1. The first kappa shape index (κ1) is 20.5. The second kappa shape index (κ2) is 8.26. The van der Waals surface area contributed by atoms with E-state index < -0.39 is 5.97 Å². The number of hydrogen-bond acceptors (Lipinski definition) is 5. The molecule has 0 bridgehead atoms. The van der Waals surface area contributed by atoms with Crippen LogP contribution in [0.4, 0.5) is 5.69 Å². The lowest BCUT2D eigenvalue weighted by Gasteiger charge is -2.26. The van der Waals surface area contributed by atoms with Crippen LogP contribution in [0.25, 0.3) is 10.6 Å². The molecular formula is C24H18ClN3O3S. The van der Waals surface area contributed by atoms with Crippen molar-refractivity contribution in [1.82, 2.24) is 10.2 Å². The maximum atomic E-state index is 13.5. The molecule has 160 valence electrons. The van der Waals surface area contributed by atoms with Gasteiger partial charge in [-0.25, -0.2) is 4.79 Å². The summed E-state index contributed by atoms with van der Waals surface area (Å²) in [5.74, 6) is -0.600. The van der Waals surface area contributed by atoms with Gasteiger partial charge in [0.1, 0.15) is 0 Å². The minimum Gasteiger partial charge on any atom is -0.462 e. The third-order valence-electron chi connectivity index (χ3n) is 5.37. The van der Waals surface area contributed by atoms with Gasteiger partial charge in [0.25, 0.3) is 5.91 Å². The molecule has 4 aromatic rings. The second-order valence-electron chi connectivity index (χ2n) is 7.23. The number of anilines is 1. The zero-order chi connectivity index (χ0) is 22.2. The molecule has 1 atom stereocenters. The van der Waals surface area contributed by atoms with Crippen LogP contribution < -0.4 is 4.90 Å². The minimum absolute atomic E-state index is 0.206. The van der Waals surface area contributed by atoms with Gasteiger partial charge in [-0.2, -0.15) is 5.10 Å². The molecule has 1 N–H and O–H groups in total. The molecule has 1 amide bonds. The molecule has 2 aromatic carbocycles. The summed E-state index contributed by atoms with van der Waals surface area (Å²) >= 11 is 7.70. The predicted octanol–water partition coefficient (Wildman–Crippen LogP) is 5.72. The summed E-state index contributed by atoms with van der Waals surface area (Å²) in [5, 5.41) is 10.0. The van der Waals surface area contributed by atoms with Gasteiger partial charge in [0, 0.05) is 16.3 Å². The number of aromatic amines is 1. The normalized spacial score (nSPS) is 15.1. The first-order valence-corrected chi connectivity index (χ1v) is 11.3. The number of nitrogens with one attached hydrogen (secondary N) is 1. The Balaban J connectivity index is 1.62. The van der Waals surface area contributed by atoms with Crippen LogP contribution in [0.15, 0.2) is 66.0 Å². The van der Waals surface area contributed by atoms with Crippen molar-refractivity contribution in [3.8, 4) is 10.6 Å². The molecule has 3 heterocycles. The number of aromatic nitrogens is 2. The van der Waals surface area contributed by atoms with E-state index in [0.29, 0.717) is 28.6 Å². The standard InChI is InChI=1S/C24H18ClN3O3S/c1-2-31-24(30)15-7-11-17(12-8-15)28-22(14-5-9-16(25)10-6-14)19-20(18-4-3-13-32-18)26-27-21(19)23(28)29/h3-13,22H,2H2,1H3,(H,26,27)/t22-/m1/s1. The Bertz CT molecular complexity index is 1280. The fourth-order valence-corrected chi connectivity index (χ4v) is 4.81. The summed E-state index contributed by atoms with van der Waals surface area (Å²) in [6.45, 7) is 2.06. The van der Waals surface area contributed by atoms with Crippen LogP contribution >= 0.6 is 22.9 Å². The number of carbonyl (C=O) groups is 2. The molecule has 0 saturated heterocycles. The molecule has 5 rings (SSSR count). The Morgan fingerprint density at radius 2 is 1.91 bits per heavy atom. The summed E-state index contributed by atoms with van der Waals surface area (Å²) in [4.78, 5) is 28.2. The van der Waals surface area contributed by atoms with Gasteiger partial charge >= 0.3 is 5.97 Å². The lowest BCUT2D eigenvalue weighted by molar-refractivity contribution is 0.0526. The van der Waals surface area contributed by atoms with Crippen molar-refractivity contribution in [2.75, 3.05) is 11.5 Å². The van der Waals surface area contributed by atoms with Crippen LogP contribution in [0.1, 0.15) is 44.9 Å². The first-order valence-electron chi connectivity index (χ1n) is 10.1. The second-order valence-corrected chi connectivity index (χ2v) is 8.62. The molecule has 0 aliphatic carbocycles. The summed E-state index contributed by atoms with van der Waals surface area (Å²) in [7, 11) is 0. The summed E-state index contributed by atoms with van der Waals surface area (Å²) in [6.07, 6.45) is 0. The topological polar surface area (TPSA) is 75.3 Å². The molecule has 1 aliphatic heterocycles. The highest BCUT2D eigenvalue weighted by molar-refractivity contribution is 7.13. The summed E-state index contributed by atoms with van der Waals surface area (Å²) < 4.78 is 5.07. The number of hydrogen-bond donors (Lipinski definition) is 1. The number of esters is 1. The van der Waals surface area contributed by atoms with E-state index in [1.807, 2.05) is 41.8 Å². The Hall–Kier alpha value is -3.42. The molecule has 0 spiro atoms. The average molecular weight is 464 g/mol. The van der Waals surface area contributed by atoms with Crippen LogP contribution in [-0.2, 0) is 4.74 Å². The predicted molar refractivity (Wildman–Crippen MR) is 124 cm³/mol. The number of carbonyl (C=O) groups excluding carboxylic acids is 2. The zero-order valence-electron chi connectivity index (χ0n) is 17.0. The van der Waals surface area contributed by atoms with Crippen LogP contribution in [0.5, 0.6) is 0 Å². The van der Waals surface area contributed by atoms with Gasteiger partial charge in [-0.1, -0.05) is 29.8 Å². The van der Waals surface area contributed by atoms with E-state index in [9.17, 15) is 9.59 Å². The van der Waals surface area contributed by atoms with Crippen molar-refractivity contribution in [3.05, 3.63) is 93.5 Å². The number of thiophene rings is 1. The lowest BCUT2D eigenvalue weighted by atomic mass is 9.98. The Morgan fingerprint density at radius 3 is 2.56 bits per heavy atom. The zero-order valence-corrected chi connectivity index (χ0v) is 18.6. The number of benzene rings is 2. The van der Waals surface area contributed by atoms with Gasteiger partial charge < -0.3 is 4.74 Å². The van der Waals surface area contributed by atoms with Gasteiger partial charge in [0.15, 0.2) is 5.69 Å². The summed E-state index contributed by atoms with van der Waals surface area (Å²) in [6, 6.07) is 17.9. The molecule has 0 radical (unpaired) electrons. The molecule has 1 aliphatic rings. The van der Waals surface area contributed by atoms with E-state index in [4.69, 9.17) is 16.3 Å². The minimum atomic E-state index is -0.394. The average Bonchev–Trinajstić information content (AvgIpc) is 3.53. The molecule has 6 nitrogen and oxygen atoms in total. The maximum absolute atomic E-state index is 13.5. The smallest absolute Gasteiger partial charge is 0.338 e. The molecule has 8 heteroatoms. The van der Waals surface area contributed by atoms with Gasteiger partial charge in [0.2, 0.25) is 0 Å². The lowest BCUT2D eigenvalue weighted by Crippen LogP contribution is -2.29. The number of rotatable bonds is 5. The quantitative estimate of drug-likeness (QED) is 0.384. The van der Waals surface area contributed by atoms with Crippen molar-refractivity contribution in [2.24, 2.45) is 0 Å². The van der Waals surface area contributed by atoms with Crippen LogP contribution in [-0.4, -0.2) is 28.7 Å². The fourth-order valence-electron chi connectivity index (χ4n) is 3.95. The highest BCUT2D eigenvalue weighted by Crippen LogP contribution is 2.45. The van der Waals surface area contributed by atoms with E-state index in [-0.39, 0.29) is 11.9 Å². The highest BCUT2D eigenvalue weighted by atomic mass is 35.5. The Labute approximate surface area is 193 Å².